The molecule has 7 nitrogen and oxygen atoms in total. The Hall–Kier alpha value is 0.200. The van der Waals surface area contributed by atoms with Crippen LogP contribution in [0.25, 0.3) is 0 Å². The van der Waals surface area contributed by atoms with E-state index in [1.165, 1.54) is 89.9 Å². The average Bonchev–Trinajstić information content (AvgIpc) is 2.81. The summed E-state index contributed by atoms with van der Waals surface area (Å²) >= 11 is 3.83. The lowest BCUT2D eigenvalue weighted by Gasteiger charge is -2.24. The van der Waals surface area contributed by atoms with Gasteiger partial charge in [0.05, 0.1) is 13.2 Å². The fraction of sp³-hybridized carbons (Fsp3) is 1.00. The van der Waals surface area contributed by atoms with E-state index in [0.29, 0.717) is 6.61 Å². The van der Waals surface area contributed by atoms with Gasteiger partial charge in [0.15, 0.2) is 0 Å². The van der Waals surface area contributed by atoms with Gasteiger partial charge >= 0.3 is 0 Å². The van der Waals surface area contributed by atoms with Crippen LogP contribution in [-0.4, -0.2) is 84.8 Å². The minimum Gasteiger partial charge on any atom is -0.396 e. The molecule has 0 heterocycles. The molecule has 8 heteroatoms. The number of halogens is 1. The topological polar surface area (TPSA) is 142 Å². The van der Waals surface area contributed by atoms with Crippen LogP contribution in [0.1, 0.15) is 103 Å². The first-order valence-electron chi connectivity index (χ1n) is 12.5. The van der Waals surface area contributed by atoms with Crippen LogP contribution in [0.15, 0.2) is 0 Å². The van der Waals surface area contributed by atoms with Gasteiger partial charge in [-0.3, -0.25) is 0 Å². The first-order chi connectivity index (χ1) is 15.3. The van der Waals surface area contributed by atoms with Gasteiger partial charge in [-0.2, -0.15) is 0 Å². The molecule has 0 amide bonds. The van der Waals surface area contributed by atoms with Gasteiger partial charge in [-0.1, -0.05) is 99.9 Å². The standard InChI is InChI=1S/C18H37BrO.C6H14O6/c1-2-3-4-12-15-18(19)16-13-10-8-6-5-7-9-11-14-17-20;7-1-3(9)5(11)6(12)4(10)2-8/h18,20H,2-17H2,1H3;3-12H,1-2H2/t;3-,4-,5-,6-/m.1/s1. The molecule has 32 heavy (non-hydrogen) atoms. The summed E-state index contributed by atoms with van der Waals surface area (Å²) in [7, 11) is 0. The van der Waals surface area contributed by atoms with Crippen LogP contribution in [0.4, 0.5) is 0 Å². The second kappa shape index (κ2) is 25.8. The Bertz CT molecular complexity index is 349. The van der Waals surface area contributed by atoms with E-state index in [1.807, 2.05) is 0 Å². The van der Waals surface area contributed by atoms with Crippen molar-refractivity contribution in [2.75, 3.05) is 19.8 Å². The van der Waals surface area contributed by atoms with Gasteiger partial charge in [-0.25, -0.2) is 0 Å². The van der Waals surface area contributed by atoms with Gasteiger partial charge in [0.2, 0.25) is 0 Å². The predicted octanol–water partition coefficient (Wildman–Crippen LogP) is 3.03. The lowest BCUT2D eigenvalue weighted by Crippen LogP contribution is -2.46. The summed E-state index contributed by atoms with van der Waals surface area (Å²) in [5.41, 5.74) is 0. The molecule has 0 aliphatic carbocycles. The van der Waals surface area contributed by atoms with E-state index >= 15 is 0 Å². The smallest absolute Gasteiger partial charge is 0.111 e. The minimum atomic E-state index is -1.67. The third-order valence-electron chi connectivity index (χ3n) is 5.56. The fourth-order valence-corrected chi connectivity index (χ4v) is 3.97. The molecule has 0 aliphatic heterocycles. The second-order valence-electron chi connectivity index (χ2n) is 8.62. The molecule has 0 fully saturated rings. The molecular formula is C24H51BrO7. The molecule has 0 aromatic carbocycles. The van der Waals surface area contributed by atoms with E-state index in [0.717, 1.165) is 11.2 Å². The maximum atomic E-state index is 8.96. The number of alkyl halides is 1. The Kier molecular flexibility index (Phi) is 27.7. The molecule has 5 atom stereocenters. The van der Waals surface area contributed by atoms with Crippen LogP contribution in [0.2, 0.25) is 0 Å². The molecule has 0 spiro atoms. The zero-order chi connectivity index (χ0) is 24.6. The summed E-state index contributed by atoms with van der Waals surface area (Å²) in [5.74, 6) is 0. The normalized spacial score (nSPS) is 16.0. The van der Waals surface area contributed by atoms with Crippen LogP contribution < -0.4 is 0 Å². The second-order valence-corrected chi connectivity index (χ2v) is 9.92. The molecular weight excluding hydrogens is 480 g/mol. The third kappa shape index (κ3) is 22.0. The van der Waals surface area contributed by atoms with Crippen molar-refractivity contribution >= 4 is 15.9 Å². The van der Waals surface area contributed by atoms with Crippen molar-refractivity contribution in [3.05, 3.63) is 0 Å². The monoisotopic (exact) mass is 530 g/mol. The molecule has 196 valence electrons. The number of aliphatic hydroxyl groups excluding tert-OH is 7. The van der Waals surface area contributed by atoms with Crippen LogP contribution in [0.5, 0.6) is 0 Å². The van der Waals surface area contributed by atoms with E-state index in [1.54, 1.807) is 0 Å². The highest BCUT2D eigenvalue weighted by atomic mass is 79.9. The first-order valence-corrected chi connectivity index (χ1v) is 13.5. The van der Waals surface area contributed by atoms with Gasteiger partial charge in [0, 0.05) is 11.4 Å². The lowest BCUT2D eigenvalue weighted by atomic mass is 10.0. The summed E-state index contributed by atoms with van der Waals surface area (Å²) in [6, 6.07) is 0. The van der Waals surface area contributed by atoms with Gasteiger partial charge < -0.3 is 35.7 Å². The number of rotatable bonds is 21. The lowest BCUT2D eigenvalue weighted by molar-refractivity contribution is -0.123. The summed E-state index contributed by atoms with van der Waals surface area (Å²) in [6.45, 7) is 1.19. The third-order valence-corrected chi connectivity index (χ3v) is 6.47. The number of aliphatic hydroxyl groups is 7. The Morgan fingerprint density at radius 3 is 1.22 bits per heavy atom. The van der Waals surface area contributed by atoms with E-state index < -0.39 is 37.6 Å². The number of hydrogen-bond donors (Lipinski definition) is 7. The van der Waals surface area contributed by atoms with Gasteiger partial charge in [0.1, 0.15) is 24.4 Å². The Morgan fingerprint density at radius 1 is 0.531 bits per heavy atom. The van der Waals surface area contributed by atoms with Gasteiger partial charge in [-0.15, -0.1) is 0 Å². The van der Waals surface area contributed by atoms with E-state index in [2.05, 4.69) is 22.9 Å². The Labute approximate surface area is 204 Å². The minimum absolute atomic E-state index is 0.367. The summed E-state index contributed by atoms with van der Waals surface area (Å²) in [4.78, 5) is 0.762. The molecule has 0 saturated carbocycles. The summed E-state index contributed by atoms with van der Waals surface area (Å²) < 4.78 is 0. The maximum absolute atomic E-state index is 8.96. The quantitative estimate of drug-likeness (QED) is 0.0892. The molecule has 1 unspecified atom stereocenters. The van der Waals surface area contributed by atoms with E-state index in [4.69, 9.17) is 35.7 Å². The summed E-state index contributed by atoms with van der Waals surface area (Å²) in [5, 5.41) is 60.9. The van der Waals surface area contributed by atoms with Crippen molar-refractivity contribution in [3.8, 4) is 0 Å². The van der Waals surface area contributed by atoms with Gasteiger partial charge in [0.25, 0.3) is 0 Å². The molecule has 0 aliphatic rings. The van der Waals surface area contributed by atoms with Crippen molar-refractivity contribution in [3.63, 3.8) is 0 Å². The first kappa shape index (κ1) is 34.4. The van der Waals surface area contributed by atoms with Gasteiger partial charge in [-0.05, 0) is 19.3 Å². The average molecular weight is 532 g/mol. The largest absolute Gasteiger partial charge is 0.396 e. The molecule has 0 radical (unpaired) electrons. The zero-order valence-electron chi connectivity index (χ0n) is 20.1. The van der Waals surface area contributed by atoms with Crippen LogP contribution in [0, 0.1) is 0 Å². The highest BCUT2D eigenvalue weighted by Gasteiger charge is 2.29. The van der Waals surface area contributed by atoms with Crippen molar-refractivity contribution < 1.29 is 35.7 Å². The zero-order valence-corrected chi connectivity index (χ0v) is 21.7. The predicted molar refractivity (Wildman–Crippen MR) is 133 cm³/mol. The van der Waals surface area contributed by atoms with Crippen molar-refractivity contribution in [2.45, 2.75) is 132 Å². The highest BCUT2D eigenvalue weighted by molar-refractivity contribution is 9.09. The number of unbranched alkanes of at least 4 members (excludes halogenated alkanes) is 11. The van der Waals surface area contributed by atoms with Crippen molar-refractivity contribution in [2.24, 2.45) is 0 Å². The Balaban J connectivity index is 0. The molecule has 0 aromatic heterocycles. The molecule has 7 N–H and O–H groups in total. The summed E-state index contributed by atoms with van der Waals surface area (Å²) in [6.07, 6.45) is 13.8. The van der Waals surface area contributed by atoms with Crippen LogP contribution in [0.3, 0.4) is 0 Å². The SMILES string of the molecule is CCCCCCC(Br)CCCCCCCCCCCO.OC[C@@H](O)[C@@H](O)[C@H](O)[C@H](O)CO. The van der Waals surface area contributed by atoms with Crippen molar-refractivity contribution in [1.29, 1.82) is 0 Å². The van der Waals surface area contributed by atoms with Crippen LogP contribution in [-0.2, 0) is 0 Å². The Morgan fingerprint density at radius 2 is 0.875 bits per heavy atom. The highest BCUT2D eigenvalue weighted by Crippen LogP contribution is 2.19. The maximum Gasteiger partial charge on any atom is 0.111 e. The number of hydrogen-bond acceptors (Lipinski definition) is 7. The van der Waals surface area contributed by atoms with Crippen LogP contribution >= 0.6 is 15.9 Å². The molecule has 0 rings (SSSR count). The van der Waals surface area contributed by atoms with E-state index in [-0.39, 0.29) is 0 Å². The van der Waals surface area contributed by atoms with E-state index in [9.17, 15) is 0 Å². The fourth-order valence-electron chi connectivity index (χ4n) is 3.32. The molecule has 0 bridgehead atoms. The van der Waals surface area contributed by atoms with Crippen molar-refractivity contribution in [1.82, 2.24) is 0 Å². The molecule has 0 saturated heterocycles. The molecule has 0 aromatic rings.